The van der Waals surface area contributed by atoms with Crippen molar-refractivity contribution in [3.05, 3.63) is 166 Å². The molecule has 9 rings (SSSR count). The summed E-state index contributed by atoms with van der Waals surface area (Å²) in [7, 11) is 0. The molecule has 13 heteroatoms. The predicted octanol–water partition coefficient (Wildman–Crippen LogP) is 4.03. The van der Waals surface area contributed by atoms with E-state index in [-0.39, 0.29) is 41.7 Å². The van der Waals surface area contributed by atoms with Crippen LogP contribution in [0.25, 0.3) is 90.9 Å². The monoisotopic (exact) mass is 848 g/mol. The van der Waals surface area contributed by atoms with Crippen molar-refractivity contribution in [3.63, 3.8) is 0 Å². The van der Waals surface area contributed by atoms with E-state index in [4.69, 9.17) is 19.9 Å². The number of nitrogens with zero attached hydrogens (tertiary/aromatic N) is 4. The Morgan fingerprint density at radius 1 is 0.328 bits per heavy atom. The summed E-state index contributed by atoms with van der Waals surface area (Å²) in [6.07, 6.45) is 7.20. The van der Waals surface area contributed by atoms with Gasteiger partial charge in [0.2, 0.25) is 0 Å². The zero-order chi connectivity index (χ0) is 41.7. The first-order valence-electron chi connectivity index (χ1n) is 18.4. The summed E-state index contributed by atoms with van der Waals surface area (Å²) < 4.78 is 0. The van der Waals surface area contributed by atoms with E-state index >= 15 is 0 Å². The van der Waals surface area contributed by atoms with E-state index in [0.29, 0.717) is 89.4 Å². The van der Waals surface area contributed by atoms with Gasteiger partial charge in [0.15, 0.2) is 0 Å². The molecule has 7 aromatic rings. The van der Waals surface area contributed by atoms with Gasteiger partial charge in [0.1, 0.15) is 0 Å². The van der Waals surface area contributed by atoms with Crippen LogP contribution in [0.1, 0.15) is 64.2 Å². The molecule has 61 heavy (non-hydrogen) atoms. The molecule has 5 heterocycles. The van der Waals surface area contributed by atoms with Crippen LogP contribution >= 0.6 is 0 Å². The Kier molecular flexibility index (Phi) is 10.4. The number of carboxylic acid groups (broad SMARTS) is 4. The first-order valence-corrected chi connectivity index (χ1v) is 18.4. The summed E-state index contributed by atoms with van der Waals surface area (Å²) in [6.45, 7) is 0. The topological polar surface area (TPSA) is 214 Å². The van der Waals surface area contributed by atoms with E-state index in [2.05, 4.69) is 0 Å². The molecule has 0 N–H and O–H groups in total. The summed E-state index contributed by atoms with van der Waals surface area (Å²) in [6, 6.07) is 31.8. The Morgan fingerprint density at radius 3 is 0.705 bits per heavy atom. The standard InChI is InChI=1S/C48H30N4O8.Zn/c53-45(54)29-9-1-25(2-10-29)41-33-17-19-35(49-33)42(26-3-11-30(12-4-26)46(55)56)37-21-23-39(51-37)44(28-7-15-32(16-8-28)48(59)60)40-24-22-38(52-40)43(36-20-18-34(41)50-36)27-5-13-31(14-6-27)47(57)58;/h1-24H,(H6,49,50,51,52,53,54,55,56,57,58,59,60);/q;+2/p-6. The molecule has 0 saturated heterocycles. The van der Waals surface area contributed by atoms with Gasteiger partial charge in [-0.05, 0) is 91.1 Å². The third-order valence-corrected chi connectivity index (χ3v) is 10.2. The average Bonchev–Trinajstić information content (AvgIpc) is 4.10. The maximum atomic E-state index is 11.7. The van der Waals surface area contributed by atoms with Crippen LogP contribution in [-0.2, 0) is 19.5 Å². The van der Waals surface area contributed by atoms with Crippen LogP contribution < -0.4 is 30.4 Å². The minimum atomic E-state index is -1.34. The number of rotatable bonds is 8. The quantitative estimate of drug-likeness (QED) is 0.198. The molecule has 0 fully saturated rings. The molecule has 0 atom stereocenters. The Bertz CT molecular complexity index is 2760. The minimum absolute atomic E-state index is 0. The third-order valence-electron chi connectivity index (χ3n) is 10.2. The van der Waals surface area contributed by atoms with Gasteiger partial charge in [0.25, 0.3) is 0 Å². The first-order chi connectivity index (χ1) is 29.0. The molecule has 2 aliphatic rings. The van der Waals surface area contributed by atoms with Gasteiger partial charge in [-0.3, -0.25) is 0 Å². The van der Waals surface area contributed by atoms with Crippen molar-refractivity contribution in [1.29, 1.82) is 0 Å². The summed E-state index contributed by atoms with van der Waals surface area (Å²) in [5.41, 5.74) is 8.39. The second kappa shape index (κ2) is 16.0. The van der Waals surface area contributed by atoms with Gasteiger partial charge in [-0.1, -0.05) is 121 Å². The Balaban J connectivity index is 0.00000514. The van der Waals surface area contributed by atoms with Crippen molar-refractivity contribution in [2.45, 2.75) is 0 Å². The molecule has 0 radical (unpaired) electrons. The van der Waals surface area contributed by atoms with Crippen LogP contribution in [0.2, 0.25) is 0 Å². The molecule has 0 amide bonds. The Labute approximate surface area is 358 Å². The van der Waals surface area contributed by atoms with E-state index in [1.165, 1.54) is 48.5 Å². The Morgan fingerprint density at radius 2 is 0.525 bits per heavy atom. The fourth-order valence-electron chi connectivity index (χ4n) is 7.36. The van der Waals surface area contributed by atoms with Gasteiger partial charge in [-0.2, -0.15) is 0 Å². The molecule has 8 bridgehead atoms. The molecule has 0 unspecified atom stereocenters. The molecule has 12 nitrogen and oxygen atoms in total. The minimum Gasteiger partial charge on any atom is -0.657 e. The zero-order valence-electron chi connectivity index (χ0n) is 31.6. The van der Waals surface area contributed by atoms with Crippen LogP contribution in [0.5, 0.6) is 0 Å². The maximum absolute atomic E-state index is 11.7. The molecular formula is C48H24N4O8Zn-4. The SMILES string of the molecule is O=C([O-])c1ccc(-c2c3nc(c(-c4ccc(C(=O)[O-])cc4)c4ccc([n-]4)c(-c4ccc(C(=O)[O-])cc4)c4nc(c(-c5ccc(C(=O)[O-])cc5)c5ccc2[n-]5)C=C4)C=C3)cc1.[Zn+2]. The largest absolute Gasteiger partial charge is 2.00 e. The number of aromatic nitrogens is 4. The summed E-state index contributed by atoms with van der Waals surface area (Å²) in [5, 5.41) is 46.8. The number of carboxylic acids is 4. The zero-order valence-corrected chi connectivity index (χ0v) is 34.6. The normalized spacial score (nSPS) is 11.5. The summed E-state index contributed by atoms with van der Waals surface area (Å²) in [4.78, 5) is 67.2. The first kappa shape index (κ1) is 39.8. The van der Waals surface area contributed by atoms with Crippen molar-refractivity contribution < 1.29 is 59.1 Å². The summed E-state index contributed by atoms with van der Waals surface area (Å²) >= 11 is 0. The fourth-order valence-corrected chi connectivity index (χ4v) is 7.36. The van der Waals surface area contributed by atoms with Gasteiger partial charge in [0, 0.05) is 0 Å². The van der Waals surface area contributed by atoms with Crippen molar-refractivity contribution in [2.75, 3.05) is 0 Å². The molecule has 0 aliphatic carbocycles. The molecule has 0 saturated carbocycles. The van der Waals surface area contributed by atoms with E-state index in [9.17, 15) is 39.6 Å². The number of benzene rings is 4. The third kappa shape index (κ3) is 7.46. The molecule has 2 aliphatic heterocycles. The molecule has 0 spiro atoms. The number of carbonyl (C=O) groups is 4. The molecule has 290 valence electrons. The smallest absolute Gasteiger partial charge is 0.657 e. The van der Waals surface area contributed by atoms with E-state index in [0.717, 1.165) is 0 Å². The average molecular weight is 850 g/mol. The number of fused-ring (bicyclic) bond motifs is 8. The van der Waals surface area contributed by atoms with Gasteiger partial charge in [-0.15, -0.1) is 22.1 Å². The van der Waals surface area contributed by atoms with Crippen molar-refractivity contribution in [2.24, 2.45) is 0 Å². The van der Waals surface area contributed by atoms with E-state index < -0.39 is 23.9 Å². The van der Waals surface area contributed by atoms with Gasteiger partial charge >= 0.3 is 19.5 Å². The van der Waals surface area contributed by atoms with Crippen LogP contribution in [-0.4, -0.2) is 33.8 Å². The van der Waals surface area contributed by atoms with Gasteiger partial charge < -0.3 is 49.6 Å². The molecular weight excluding hydrogens is 826 g/mol. The number of hydrogen-bond donors (Lipinski definition) is 0. The van der Waals surface area contributed by atoms with Crippen molar-refractivity contribution >= 4 is 70.2 Å². The van der Waals surface area contributed by atoms with Crippen LogP contribution in [0.3, 0.4) is 0 Å². The maximum Gasteiger partial charge on any atom is 2.00 e. The van der Waals surface area contributed by atoms with Gasteiger partial charge in [0.05, 0.1) is 46.7 Å². The Hall–Kier alpha value is -8.02. The van der Waals surface area contributed by atoms with Crippen LogP contribution in [0, 0.1) is 0 Å². The van der Waals surface area contributed by atoms with Crippen LogP contribution in [0.15, 0.2) is 121 Å². The molecule has 4 aromatic carbocycles. The van der Waals surface area contributed by atoms with E-state index in [1.807, 2.05) is 0 Å². The van der Waals surface area contributed by atoms with Crippen molar-refractivity contribution in [3.8, 4) is 44.5 Å². The van der Waals surface area contributed by atoms with Crippen molar-refractivity contribution in [1.82, 2.24) is 19.9 Å². The van der Waals surface area contributed by atoms with Crippen LogP contribution in [0.4, 0.5) is 0 Å². The second-order valence-electron chi connectivity index (χ2n) is 13.8. The number of carbonyl (C=O) groups excluding carboxylic acids is 4. The summed E-state index contributed by atoms with van der Waals surface area (Å²) in [5.74, 6) is -5.34. The van der Waals surface area contributed by atoms with E-state index in [1.54, 1.807) is 97.1 Å². The molecule has 3 aromatic heterocycles. The van der Waals surface area contributed by atoms with Gasteiger partial charge in [-0.25, -0.2) is 9.97 Å². The number of hydrogen-bond acceptors (Lipinski definition) is 10. The predicted molar refractivity (Wildman–Crippen MR) is 216 cm³/mol. The number of aromatic carboxylic acids is 4. The second-order valence-corrected chi connectivity index (χ2v) is 13.8. The fraction of sp³-hybridized carbons (Fsp3) is 0.